The summed E-state index contributed by atoms with van der Waals surface area (Å²) in [5.41, 5.74) is 2.05. The third kappa shape index (κ3) is 5.28. The van der Waals surface area contributed by atoms with Gasteiger partial charge in [0.05, 0.1) is 10.6 Å². The van der Waals surface area contributed by atoms with Crippen molar-refractivity contribution >= 4 is 51.2 Å². The number of aryl methyl sites for hydroxylation is 1. The summed E-state index contributed by atoms with van der Waals surface area (Å²) in [6.45, 7) is 1.93. The lowest BCUT2D eigenvalue weighted by Gasteiger charge is -2.26. The monoisotopic (exact) mass is 535 g/mol. The van der Waals surface area contributed by atoms with Gasteiger partial charge >= 0.3 is 6.03 Å². The smallest absolute Gasteiger partial charge is 0.335 e. The Kier molecular flexibility index (Phi) is 6.74. The fourth-order valence-corrected chi connectivity index (χ4v) is 3.83. The van der Waals surface area contributed by atoms with E-state index in [2.05, 4.69) is 21.2 Å². The van der Waals surface area contributed by atoms with E-state index in [0.717, 1.165) is 10.5 Å². The summed E-state index contributed by atoms with van der Waals surface area (Å²) in [6.07, 6.45) is 1.36. The molecule has 0 aromatic heterocycles. The van der Waals surface area contributed by atoms with Crippen molar-refractivity contribution in [2.24, 2.45) is 0 Å². The Balaban J connectivity index is 1.64. The van der Waals surface area contributed by atoms with Gasteiger partial charge in [-0.05, 0) is 66.6 Å². The molecule has 0 radical (unpaired) electrons. The molecule has 1 fully saturated rings. The second-order valence-electron chi connectivity index (χ2n) is 7.69. The van der Waals surface area contributed by atoms with Gasteiger partial charge in [0.25, 0.3) is 17.5 Å². The van der Waals surface area contributed by atoms with Crippen LogP contribution in [0.3, 0.4) is 0 Å². The number of hydrogen-bond acceptors (Lipinski definition) is 6. The SMILES string of the molecule is Cc1cccc(N2C(=O)NC(=O)/C(=C\c3cc(Br)ccc3OCc3ccc([N+](=O)[O-])cc3)C2=O)c1. The first kappa shape index (κ1) is 23.8. The molecule has 1 aliphatic rings. The highest BCUT2D eigenvalue weighted by Gasteiger charge is 2.37. The van der Waals surface area contributed by atoms with E-state index in [1.807, 2.05) is 13.0 Å². The predicted molar refractivity (Wildman–Crippen MR) is 132 cm³/mol. The molecule has 0 bridgehead atoms. The number of halogens is 1. The van der Waals surface area contributed by atoms with E-state index in [-0.39, 0.29) is 17.9 Å². The first-order valence-electron chi connectivity index (χ1n) is 10.4. The molecule has 10 heteroatoms. The first-order chi connectivity index (χ1) is 16.7. The average Bonchev–Trinajstić information content (AvgIpc) is 2.81. The molecule has 0 aliphatic carbocycles. The Morgan fingerprint density at radius 1 is 1.06 bits per heavy atom. The summed E-state index contributed by atoms with van der Waals surface area (Å²) in [7, 11) is 0. The van der Waals surface area contributed by atoms with Crippen LogP contribution in [0.25, 0.3) is 6.08 Å². The second kappa shape index (κ2) is 9.90. The number of carbonyl (C=O) groups is 3. The Bertz CT molecular complexity index is 1380. The van der Waals surface area contributed by atoms with E-state index in [9.17, 15) is 24.5 Å². The van der Waals surface area contributed by atoms with Crippen LogP contribution < -0.4 is 15.0 Å². The number of amides is 4. The summed E-state index contributed by atoms with van der Waals surface area (Å²) in [5.74, 6) is -1.20. The molecule has 1 saturated heterocycles. The number of nitrogens with zero attached hydrogens (tertiary/aromatic N) is 2. The van der Waals surface area contributed by atoms with Gasteiger partial charge in [-0.3, -0.25) is 25.0 Å². The summed E-state index contributed by atoms with van der Waals surface area (Å²) < 4.78 is 6.56. The highest BCUT2D eigenvalue weighted by molar-refractivity contribution is 9.10. The molecule has 9 nitrogen and oxygen atoms in total. The van der Waals surface area contributed by atoms with Crippen LogP contribution in [0.2, 0.25) is 0 Å². The van der Waals surface area contributed by atoms with E-state index in [0.29, 0.717) is 27.0 Å². The fraction of sp³-hybridized carbons (Fsp3) is 0.0800. The first-order valence-corrected chi connectivity index (χ1v) is 11.2. The van der Waals surface area contributed by atoms with Crippen LogP contribution in [0.5, 0.6) is 5.75 Å². The number of hydrogen-bond donors (Lipinski definition) is 1. The lowest BCUT2D eigenvalue weighted by atomic mass is 10.1. The maximum atomic E-state index is 13.2. The van der Waals surface area contributed by atoms with Gasteiger partial charge in [0, 0.05) is 22.2 Å². The number of non-ortho nitro benzene ring substituents is 1. The zero-order valence-corrected chi connectivity index (χ0v) is 19.9. The average molecular weight is 536 g/mol. The topological polar surface area (TPSA) is 119 Å². The van der Waals surface area contributed by atoms with E-state index in [1.165, 1.54) is 18.2 Å². The van der Waals surface area contributed by atoms with Crippen molar-refractivity contribution in [3.8, 4) is 5.75 Å². The Hall–Kier alpha value is -4.31. The van der Waals surface area contributed by atoms with Gasteiger partial charge in [0.15, 0.2) is 0 Å². The van der Waals surface area contributed by atoms with Crippen molar-refractivity contribution < 1.29 is 24.0 Å². The summed E-state index contributed by atoms with van der Waals surface area (Å²) in [6, 6.07) is 17.0. The minimum Gasteiger partial charge on any atom is -0.488 e. The van der Waals surface area contributed by atoms with Gasteiger partial charge in [-0.2, -0.15) is 0 Å². The summed E-state index contributed by atoms with van der Waals surface area (Å²) in [4.78, 5) is 49.5. The Morgan fingerprint density at radius 3 is 2.49 bits per heavy atom. The lowest BCUT2D eigenvalue weighted by molar-refractivity contribution is -0.384. The van der Waals surface area contributed by atoms with E-state index in [4.69, 9.17) is 4.74 Å². The van der Waals surface area contributed by atoms with Crippen LogP contribution in [-0.2, 0) is 16.2 Å². The maximum absolute atomic E-state index is 13.2. The number of anilines is 1. The number of carbonyl (C=O) groups excluding carboxylic acids is 3. The minimum absolute atomic E-state index is 0.0302. The summed E-state index contributed by atoms with van der Waals surface area (Å²) >= 11 is 3.38. The molecule has 0 unspecified atom stereocenters. The molecule has 3 aromatic carbocycles. The molecule has 1 heterocycles. The van der Waals surface area contributed by atoms with Crippen molar-refractivity contribution in [1.29, 1.82) is 0 Å². The number of ether oxygens (including phenoxy) is 1. The Labute approximate surface area is 208 Å². The predicted octanol–water partition coefficient (Wildman–Crippen LogP) is 4.91. The van der Waals surface area contributed by atoms with Crippen LogP contribution in [0.15, 0.2) is 76.8 Å². The third-order valence-corrected chi connectivity index (χ3v) is 5.67. The number of nitro benzene ring substituents is 1. The van der Waals surface area contributed by atoms with Gasteiger partial charge in [0.1, 0.15) is 17.9 Å². The van der Waals surface area contributed by atoms with Gasteiger partial charge in [0.2, 0.25) is 0 Å². The molecule has 3 aromatic rings. The zero-order valence-electron chi connectivity index (χ0n) is 18.4. The number of benzene rings is 3. The summed E-state index contributed by atoms with van der Waals surface area (Å²) in [5, 5.41) is 13.0. The minimum atomic E-state index is -0.827. The van der Waals surface area contributed by atoms with Gasteiger partial charge in [-0.15, -0.1) is 0 Å². The molecule has 4 amide bonds. The fourth-order valence-electron chi connectivity index (χ4n) is 3.45. The quantitative estimate of drug-likeness (QED) is 0.207. The van der Waals surface area contributed by atoms with Gasteiger partial charge in [-0.25, -0.2) is 9.69 Å². The molecule has 0 saturated carbocycles. The van der Waals surface area contributed by atoms with Crippen molar-refractivity contribution in [3.63, 3.8) is 0 Å². The number of rotatable bonds is 6. The highest BCUT2D eigenvalue weighted by atomic mass is 79.9. The molecular weight excluding hydrogens is 518 g/mol. The Morgan fingerprint density at radius 2 is 1.80 bits per heavy atom. The molecule has 0 atom stereocenters. The molecule has 35 heavy (non-hydrogen) atoms. The lowest BCUT2D eigenvalue weighted by Crippen LogP contribution is -2.54. The van der Waals surface area contributed by atoms with Crippen LogP contribution in [0.1, 0.15) is 16.7 Å². The second-order valence-corrected chi connectivity index (χ2v) is 8.61. The standard InChI is InChI=1S/C25H18BrN3O6/c1-15-3-2-4-20(11-15)28-24(31)21(23(30)27-25(28)32)13-17-12-18(26)7-10-22(17)35-14-16-5-8-19(9-6-16)29(33)34/h2-13H,14H2,1H3,(H,27,30,32)/b21-13+. The van der Waals surface area contributed by atoms with E-state index in [1.54, 1.807) is 48.5 Å². The number of barbiturate groups is 1. The van der Waals surface area contributed by atoms with Crippen LogP contribution >= 0.6 is 15.9 Å². The van der Waals surface area contributed by atoms with Gasteiger partial charge in [-0.1, -0.05) is 28.1 Å². The van der Waals surface area contributed by atoms with Crippen molar-refractivity contribution in [2.75, 3.05) is 4.90 Å². The van der Waals surface area contributed by atoms with Crippen LogP contribution in [0, 0.1) is 17.0 Å². The number of imide groups is 2. The van der Waals surface area contributed by atoms with E-state index >= 15 is 0 Å². The number of nitro groups is 1. The largest absolute Gasteiger partial charge is 0.488 e. The molecule has 0 spiro atoms. The normalized spacial score (nSPS) is 14.7. The molecule has 4 rings (SSSR count). The highest BCUT2D eigenvalue weighted by Crippen LogP contribution is 2.29. The molecule has 1 aliphatic heterocycles. The molecular formula is C25H18BrN3O6. The van der Waals surface area contributed by atoms with Crippen molar-refractivity contribution in [1.82, 2.24) is 5.32 Å². The van der Waals surface area contributed by atoms with Gasteiger partial charge < -0.3 is 4.74 Å². The third-order valence-electron chi connectivity index (χ3n) is 5.17. The maximum Gasteiger partial charge on any atom is 0.335 e. The molecule has 1 N–H and O–H groups in total. The van der Waals surface area contributed by atoms with Crippen molar-refractivity contribution in [2.45, 2.75) is 13.5 Å². The van der Waals surface area contributed by atoms with Crippen LogP contribution in [-0.4, -0.2) is 22.8 Å². The number of urea groups is 1. The van der Waals surface area contributed by atoms with Crippen molar-refractivity contribution in [3.05, 3.63) is 104 Å². The van der Waals surface area contributed by atoms with Crippen LogP contribution in [0.4, 0.5) is 16.2 Å². The van der Waals surface area contributed by atoms with E-state index < -0.39 is 22.8 Å². The number of nitrogens with one attached hydrogen (secondary N) is 1. The molecule has 176 valence electrons. The zero-order chi connectivity index (χ0) is 25.1.